The molecule has 1 aliphatic rings. The largest absolute Gasteiger partial charge is 0.481 e. The molecule has 41 heavy (non-hydrogen) atoms. The number of benzene rings is 1. The van der Waals surface area contributed by atoms with Crippen LogP contribution in [0.15, 0.2) is 30.3 Å². The van der Waals surface area contributed by atoms with Crippen LogP contribution in [0.3, 0.4) is 0 Å². The van der Waals surface area contributed by atoms with Crippen LogP contribution in [0.5, 0.6) is 0 Å². The second-order valence-electron chi connectivity index (χ2n) is 9.20. The highest BCUT2D eigenvalue weighted by molar-refractivity contribution is 7.80. The van der Waals surface area contributed by atoms with Gasteiger partial charge in [-0.25, -0.2) is 9.59 Å². The van der Waals surface area contributed by atoms with Gasteiger partial charge in [0.1, 0.15) is 18.1 Å². The first kappa shape index (κ1) is 35.0. The van der Waals surface area contributed by atoms with Gasteiger partial charge in [-0.3, -0.25) is 24.1 Å². The standard InChI is InChI=1S/C14H19NO4.C13H18N2O6S/c16-13(17)9-5-2-6-10-15-14(18)19-11-12-7-3-1-4-8-12;1-3-13(4-2)10(20)14-12(22)15(11(13)21)7(9(18)19)5-6-8(16)17/h1,3-4,7-8H,2,5-6,9-11H2,(H,15,18)(H,16,17);7H,3-6H2,1-2H3,(H,16,17)(H,18,19)(H,14,20,22)/t;7-/m.0/s1. The number of hydrogen-bond donors (Lipinski definition) is 5. The van der Waals surface area contributed by atoms with Gasteiger partial charge >= 0.3 is 24.0 Å². The van der Waals surface area contributed by atoms with Crippen LogP contribution < -0.4 is 10.6 Å². The van der Waals surface area contributed by atoms with E-state index in [-0.39, 0.29) is 37.4 Å². The number of carboxylic acids is 3. The Morgan fingerprint density at radius 1 is 0.976 bits per heavy atom. The van der Waals surface area contributed by atoms with Crippen molar-refractivity contribution >= 4 is 53.1 Å². The second-order valence-corrected chi connectivity index (χ2v) is 9.59. The molecule has 2 rings (SSSR count). The summed E-state index contributed by atoms with van der Waals surface area (Å²) in [7, 11) is 0. The Morgan fingerprint density at radius 3 is 2.12 bits per heavy atom. The number of nitrogens with zero attached hydrogens (tertiary/aromatic N) is 1. The second kappa shape index (κ2) is 17.6. The molecular formula is C27H37N3O10S. The average Bonchev–Trinajstić information content (AvgIpc) is 2.92. The van der Waals surface area contributed by atoms with Crippen LogP contribution in [0.2, 0.25) is 0 Å². The summed E-state index contributed by atoms with van der Waals surface area (Å²) in [6.07, 6.45) is 1.57. The highest BCUT2D eigenvalue weighted by Crippen LogP contribution is 2.34. The lowest BCUT2D eigenvalue weighted by Crippen LogP contribution is -2.66. The van der Waals surface area contributed by atoms with Crippen molar-refractivity contribution in [1.82, 2.24) is 15.5 Å². The van der Waals surface area contributed by atoms with Gasteiger partial charge in [0, 0.05) is 19.4 Å². The molecule has 0 radical (unpaired) electrons. The zero-order chi connectivity index (χ0) is 31.0. The van der Waals surface area contributed by atoms with Crippen LogP contribution in [0.4, 0.5) is 4.79 Å². The molecule has 0 unspecified atom stereocenters. The van der Waals surface area contributed by atoms with Crippen LogP contribution >= 0.6 is 12.2 Å². The third-order valence-electron chi connectivity index (χ3n) is 6.49. The average molecular weight is 596 g/mol. The zero-order valence-electron chi connectivity index (χ0n) is 23.1. The molecule has 1 aromatic rings. The molecule has 226 valence electrons. The molecule has 1 saturated heterocycles. The SMILES string of the molecule is CCC1(CC)C(=O)NC(=S)N([C@@H](CCC(=O)O)C(=O)O)C1=O.O=C(O)CCCCCNC(=O)OCc1ccccc1. The van der Waals surface area contributed by atoms with Gasteiger partial charge in [-0.05, 0) is 49.9 Å². The number of nitrogens with one attached hydrogen (secondary N) is 2. The number of hydrogen-bond acceptors (Lipinski definition) is 8. The number of carbonyl (C=O) groups is 6. The Morgan fingerprint density at radius 2 is 1.59 bits per heavy atom. The molecule has 0 aliphatic carbocycles. The Balaban J connectivity index is 0.000000414. The summed E-state index contributed by atoms with van der Waals surface area (Å²) in [6, 6.07) is 8.03. The molecule has 0 aromatic heterocycles. The maximum atomic E-state index is 12.7. The van der Waals surface area contributed by atoms with Crippen molar-refractivity contribution in [2.24, 2.45) is 5.41 Å². The lowest BCUT2D eigenvalue weighted by molar-refractivity contribution is -0.158. The molecule has 0 spiro atoms. The Bertz CT molecular complexity index is 1090. The summed E-state index contributed by atoms with van der Waals surface area (Å²) >= 11 is 4.92. The fraction of sp³-hybridized carbons (Fsp3) is 0.519. The molecule has 5 N–H and O–H groups in total. The highest BCUT2D eigenvalue weighted by Gasteiger charge is 2.52. The number of ether oxygens (including phenoxy) is 1. The van der Waals surface area contributed by atoms with E-state index in [4.69, 9.17) is 27.2 Å². The number of thiocarbonyl (C=S) groups is 1. The van der Waals surface area contributed by atoms with E-state index in [2.05, 4.69) is 10.6 Å². The van der Waals surface area contributed by atoms with Crippen LogP contribution in [0.25, 0.3) is 0 Å². The van der Waals surface area contributed by atoms with Crippen molar-refractivity contribution in [2.45, 2.75) is 77.9 Å². The van der Waals surface area contributed by atoms with E-state index in [1.165, 1.54) is 0 Å². The fourth-order valence-corrected chi connectivity index (χ4v) is 4.32. The number of carbonyl (C=O) groups excluding carboxylic acids is 3. The van der Waals surface area contributed by atoms with E-state index in [9.17, 15) is 33.9 Å². The summed E-state index contributed by atoms with van der Waals surface area (Å²) in [5, 5.41) is 31.1. The molecule has 13 nitrogen and oxygen atoms in total. The number of rotatable bonds is 15. The summed E-state index contributed by atoms with van der Waals surface area (Å²) in [5.41, 5.74) is -0.432. The summed E-state index contributed by atoms with van der Waals surface area (Å²) < 4.78 is 5.03. The van der Waals surface area contributed by atoms with Crippen LogP contribution in [0, 0.1) is 5.41 Å². The predicted octanol–water partition coefficient (Wildman–Crippen LogP) is 2.91. The maximum Gasteiger partial charge on any atom is 0.407 e. The fourth-order valence-electron chi connectivity index (χ4n) is 4.02. The minimum atomic E-state index is -1.42. The topological polar surface area (TPSA) is 200 Å². The normalized spacial score (nSPS) is 14.7. The van der Waals surface area contributed by atoms with Crippen LogP contribution in [-0.4, -0.2) is 73.7 Å². The van der Waals surface area contributed by atoms with Gasteiger partial charge in [-0.1, -0.05) is 50.6 Å². The predicted molar refractivity (Wildman–Crippen MR) is 150 cm³/mol. The van der Waals surface area contributed by atoms with Crippen molar-refractivity contribution < 1.29 is 48.8 Å². The lowest BCUT2D eigenvalue weighted by atomic mass is 9.78. The Kier molecular flexibility index (Phi) is 15.0. The van der Waals surface area contributed by atoms with Crippen molar-refractivity contribution in [2.75, 3.05) is 6.54 Å². The number of amides is 3. The molecule has 1 atom stereocenters. The van der Waals surface area contributed by atoms with E-state index in [1.807, 2.05) is 30.3 Å². The lowest BCUT2D eigenvalue weighted by Gasteiger charge is -2.42. The minimum absolute atomic E-state index is 0.179. The maximum absolute atomic E-state index is 12.7. The van der Waals surface area contributed by atoms with Gasteiger partial charge in [0.2, 0.25) is 11.8 Å². The van der Waals surface area contributed by atoms with E-state index in [0.29, 0.717) is 13.0 Å². The Hall–Kier alpha value is -4.07. The van der Waals surface area contributed by atoms with Gasteiger partial charge in [-0.2, -0.15) is 0 Å². The van der Waals surface area contributed by atoms with E-state index in [0.717, 1.165) is 23.3 Å². The molecule has 1 aliphatic heterocycles. The van der Waals surface area contributed by atoms with E-state index in [1.54, 1.807) is 13.8 Å². The number of carboxylic acid groups (broad SMARTS) is 3. The summed E-state index contributed by atoms with van der Waals surface area (Å²) in [5.74, 6) is -4.57. The van der Waals surface area contributed by atoms with Gasteiger partial charge in [-0.15, -0.1) is 0 Å². The highest BCUT2D eigenvalue weighted by atomic mass is 32.1. The van der Waals surface area contributed by atoms with Crippen molar-refractivity contribution in [3.05, 3.63) is 35.9 Å². The molecule has 3 amide bonds. The monoisotopic (exact) mass is 595 g/mol. The molecule has 1 aromatic carbocycles. The molecule has 1 heterocycles. The van der Waals surface area contributed by atoms with Gasteiger partial charge in [0.05, 0.1) is 0 Å². The number of aliphatic carboxylic acids is 3. The molecule has 0 bridgehead atoms. The number of alkyl carbamates (subject to hydrolysis) is 1. The molecule has 14 heteroatoms. The third kappa shape index (κ3) is 11.1. The van der Waals surface area contributed by atoms with Crippen molar-refractivity contribution in [3.8, 4) is 0 Å². The Labute approximate surface area is 243 Å². The molecule has 1 fully saturated rings. The van der Waals surface area contributed by atoms with Gasteiger partial charge in [0.15, 0.2) is 5.11 Å². The van der Waals surface area contributed by atoms with E-state index < -0.39 is 53.7 Å². The number of unbranched alkanes of at least 4 members (excludes halogenated alkanes) is 2. The summed E-state index contributed by atoms with van der Waals surface area (Å²) in [4.78, 5) is 69.3. The van der Waals surface area contributed by atoms with Crippen LogP contribution in [-0.2, 0) is 35.3 Å². The third-order valence-corrected chi connectivity index (χ3v) is 6.79. The van der Waals surface area contributed by atoms with Crippen molar-refractivity contribution in [3.63, 3.8) is 0 Å². The van der Waals surface area contributed by atoms with Crippen LogP contribution in [0.1, 0.15) is 70.8 Å². The minimum Gasteiger partial charge on any atom is -0.481 e. The first-order valence-corrected chi connectivity index (χ1v) is 13.6. The van der Waals surface area contributed by atoms with Crippen molar-refractivity contribution in [1.29, 1.82) is 0 Å². The van der Waals surface area contributed by atoms with Gasteiger partial charge in [0.25, 0.3) is 0 Å². The summed E-state index contributed by atoms with van der Waals surface area (Å²) in [6.45, 7) is 4.07. The van der Waals surface area contributed by atoms with E-state index >= 15 is 0 Å². The molecular weight excluding hydrogens is 558 g/mol. The zero-order valence-corrected chi connectivity index (χ0v) is 23.9. The smallest absolute Gasteiger partial charge is 0.407 e. The first-order chi connectivity index (χ1) is 19.4. The first-order valence-electron chi connectivity index (χ1n) is 13.2. The quantitative estimate of drug-likeness (QED) is 0.113. The molecule has 0 saturated carbocycles. The van der Waals surface area contributed by atoms with Gasteiger partial charge < -0.3 is 30.7 Å².